The summed E-state index contributed by atoms with van der Waals surface area (Å²) in [4.78, 5) is 0. The van der Waals surface area contributed by atoms with Gasteiger partial charge in [-0.1, -0.05) is 30.3 Å². The van der Waals surface area contributed by atoms with E-state index in [9.17, 15) is 0 Å². The topological polar surface area (TPSA) is 21.3 Å². The third kappa shape index (κ3) is 2.02. The highest BCUT2D eigenvalue weighted by Gasteiger charge is 2.13. The lowest BCUT2D eigenvalue weighted by molar-refractivity contribution is 0.156. The highest BCUT2D eigenvalue weighted by molar-refractivity contribution is 5.15. The van der Waals surface area contributed by atoms with Crippen molar-refractivity contribution in [1.29, 1.82) is 0 Å². The molecule has 1 aliphatic rings. The Morgan fingerprint density at radius 1 is 1.31 bits per heavy atom. The molecule has 1 N–H and O–H groups in total. The molecule has 0 saturated carbocycles. The second-order valence-corrected chi connectivity index (χ2v) is 3.24. The first kappa shape index (κ1) is 8.17. The van der Waals surface area contributed by atoms with Crippen LogP contribution >= 0.6 is 0 Å². The molecule has 0 saturated heterocycles. The standard InChI is InChI=1S/C11H13NO/c1-9-7-11(12-9)13-8-10-5-3-2-4-6-10/h2-7,9,12H,8H2,1H3/t9-/m0/s1. The van der Waals surface area contributed by atoms with Crippen LogP contribution in [-0.2, 0) is 11.3 Å². The van der Waals surface area contributed by atoms with Gasteiger partial charge < -0.3 is 10.1 Å². The molecule has 0 aromatic heterocycles. The van der Waals surface area contributed by atoms with Gasteiger partial charge in [0.1, 0.15) is 6.61 Å². The molecule has 1 aromatic carbocycles. The zero-order valence-corrected chi connectivity index (χ0v) is 7.66. The summed E-state index contributed by atoms with van der Waals surface area (Å²) in [6, 6.07) is 10.6. The molecule has 1 aliphatic heterocycles. The fraction of sp³-hybridized carbons (Fsp3) is 0.273. The number of benzene rings is 1. The van der Waals surface area contributed by atoms with Crippen molar-refractivity contribution >= 4 is 0 Å². The molecule has 1 heterocycles. The van der Waals surface area contributed by atoms with Crippen molar-refractivity contribution in [3.63, 3.8) is 0 Å². The Morgan fingerprint density at radius 2 is 2.00 bits per heavy atom. The van der Waals surface area contributed by atoms with Gasteiger partial charge in [-0.2, -0.15) is 0 Å². The zero-order valence-electron chi connectivity index (χ0n) is 7.66. The Labute approximate surface area is 78.2 Å². The lowest BCUT2D eigenvalue weighted by Crippen LogP contribution is -2.34. The summed E-state index contributed by atoms with van der Waals surface area (Å²) in [5.41, 5.74) is 1.20. The van der Waals surface area contributed by atoms with Crippen LogP contribution in [0.5, 0.6) is 0 Å². The van der Waals surface area contributed by atoms with Gasteiger partial charge in [0.2, 0.25) is 0 Å². The monoisotopic (exact) mass is 175 g/mol. The highest BCUT2D eigenvalue weighted by Crippen LogP contribution is 2.11. The van der Waals surface area contributed by atoms with Crippen LogP contribution in [0, 0.1) is 0 Å². The van der Waals surface area contributed by atoms with Gasteiger partial charge in [-0.3, -0.25) is 0 Å². The van der Waals surface area contributed by atoms with E-state index < -0.39 is 0 Å². The summed E-state index contributed by atoms with van der Waals surface area (Å²) in [6.45, 7) is 2.74. The van der Waals surface area contributed by atoms with Crippen molar-refractivity contribution in [3.05, 3.63) is 47.9 Å². The Morgan fingerprint density at radius 3 is 2.62 bits per heavy atom. The van der Waals surface area contributed by atoms with Crippen LogP contribution in [0.2, 0.25) is 0 Å². The largest absolute Gasteiger partial charge is 0.475 e. The van der Waals surface area contributed by atoms with E-state index >= 15 is 0 Å². The molecule has 1 atom stereocenters. The molecule has 2 nitrogen and oxygen atoms in total. The Balaban J connectivity index is 1.84. The number of ether oxygens (including phenoxy) is 1. The maximum atomic E-state index is 5.48. The maximum absolute atomic E-state index is 5.48. The molecule has 0 unspecified atom stereocenters. The normalized spacial score (nSPS) is 19.8. The quantitative estimate of drug-likeness (QED) is 0.759. The summed E-state index contributed by atoms with van der Waals surface area (Å²) in [5, 5.41) is 3.15. The lowest BCUT2D eigenvalue weighted by atomic mass is 10.2. The van der Waals surface area contributed by atoms with Crippen LogP contribution < -0.4 is 5.32 Å². The van der Waals surface area contributed by atoms with Gasteiger partial charge in [-0.05, 0) is 18.6 Å². The van der Waals surface area contributed by atoms with E-state index in [2.05, 4.69) is 30.4 Å². The molecule has 0 fully saturated rings. The Bertz CT molecular complexity index is 305. The maximum Gasteiger partial charge on any atom is 0.185 e. The molecule has 0 amide bonds. The van der Waals surface area contributed by atoms with E-state index in [1.807, 2.05) is 18.2 Å². The molecular weight excluding hydrogens is 162 g/mol. The molecule has 0 radical (unpaired) electrons. The van der Waals surface area contributed by atoms with E-state index in [1.165, 1.54) is 5.56 Å². The zero-order chi connectivity index (χ0) is 9.10. The van der Waals surface area contributed by atoms with Gasteiger partial charge in [0.15, 0.2) is 5.88 Å². The predicted molar refractivity (Wildman–Crippen MR) is 51.9 cm³/mol. The molecule has 13 heavy (non-hydrogen) atoms. The van der Waals surface area contributed by atoms with Crippen LogP contribution in [0.1, 0.15) is 12.5 Å². The van der Waals surface area contributed by atoms with E-state index in [0.29, 0.717) is 12.6 Å². The Hall–Kier alpha value is -1.44. The fourth-order valence-corrected chi connectivity index (χ4v) is 1.27. The molecular formula is C11H13NO. The van der Waals surface area contributed by atoms with Crippen LogP contribution in [0.25, 0.3) is 0 Å². The van der Waals surface area contributed by atoms with Crippen molar-refractivity contribution in [3.8, 4) is 0 Å². The molecule has 0 bridgehead atoms. The minimum Gasteiger partial charge on any atom is -0.475 e. The van der Waals surface area contributed by atoms with Crippen molar-refractivity contribution < 1.29 is 4.74 Å². The summed E-state index contributed by atoms with van der Waals surface area (Å²) in [7, 11) is 0. The van der Waals surface area contributed by atoms with E-state index in [4.69, 9.17) is 4.74 Å². The smallest absolute Gasteiger partial charge is 0.185 e. The second kappa shape index (κ2) is 3.52. The molecule has 2 heteroatoms. The molecule has 0 spiro atoms. The summed E-state index contributed by atoms with van der Waals surface area (Å²) in [5.74, 6) is 0.899. The highest BCUT2D eigenvalue weighted by atomic mass is 16.5. The fourth-order valence-electron chi connectivity index (χ4n) is 1.27. The number of nitrogens with one attached hydrogen (secondary N) is 1. The Kier molecular flexibility index (Phi) is 2.21. The molecule has 1 aromatic rings. The lowest BCUT2D eigenvalue weighted by Gasteiger charge is -2.24. The summed E-state index contributed by atoms with van der Waals surface area (Å²) >= 11 is 0. The first-order chi connectivity index (χ1) is 6.34. The van der Waals surface area contributed by atoms with Gasteiger partial charge in [-0.15, -0.1) is 0 Å². The van der Waals surface area contributed by atoms with Gasteiger partial charge >= 0.3 is 0 Å². The third-order valence-corrected chi connectivity index (χ3v) is 2.01. The van der Waals surface area contributed by atoms with E-state index in [0.717, 1.165) is 5.88 Å². The van der Waals surface area contributed by atoms with Crippen LogP contribution in [-0.4, -0.2) is 6.04 Å². The third-order valence-electron chi connectivity index (χ3n) is 2.01. The number of hydrogen-bond donors (Lipinski definition) is 1. The first-order valence-corrected chi connectivity index (χ1v) is 4.50. The van der Waals surface area contributed by atoms with Crippen molar-refractivity contribution in [2.24, 2.45) is 0 Å². The van der Waals surface area contributed by atoms with E-state index in [1.54, 1.807) is 0 Å². The summed E-state index contributed by atoms with van der Waals surface area (Å²) < 4.78 is 5.48. The average molecular weight is 175 g/mol. The van der Waals surface area contributed by atoms with Crippen molar-refractivity contribution in [1.82, 2.24) is 5.32 Å². The minimum absolute atomic E-state index is 0.464. The van der Waals surface area contributed by atoms with Crippen LogP contribution in [0.3, 0.4) is 0 Å². The molecule has 68 valence electrons. The SMILES string of the molecule is C[C@H]1C=C(OCc2ccccc2)N1. The van der Waals surface area contributed by atoms with Crippen molar-refractivity contribution in [2.45, 2.75) is 19.6 Å². The van der Waals surface area contributed by atoms with Gasteiger partial charge in [0.05, 0.1) is 0 Å². The second-order valence-electron chi connectivity index (χ2n) is 3.24. The number of rotatable bonds is 3. The van der Waals surface area contributed by atoms with Crippen LogP contribution in [0.4, 0.5) is 0 Å². The van der Waals surface area contributed by atoms with Crippen molar-refractivity contribution in [2.75, 3.05) is 0 Å². The van der Waals surface area contributed by atoms with Gasteiger partial charge in [0, 0.05) is 6.04 Å². The minimum atomic E-state index is 0.464. The van der Waals surface area contributed by atoms with Gasteiger partial charge in [0.25, 0.3) is 0 Å². The molecule has 2 rings (SSSR count). The predicted octanol–water partition coefficient (Wildman–Crippen LogP) is 2.04. The first-order valence-electron chi connectivity index (χ1n) is 4.50. The summed E-state index contributed by atoms with van der Waals surface area (Å²) in [6.07, 6.45) is 2.07. The van der Waals surface area contributed by atoms with E-state index in [-0.39, 0.29) is 0 Å². The van der Waals surface area contributed by atoms with Crippen LogP contribution in [0.15, 0.2) is 42.3 Å². The number of hydrogen-bond acceptors (Lipinski definition) is 2. The molecule has 0 aliphatic carbocycles. The van der Waals surface area contributed by atoms with Gasteiger partial charge in [-0.25, -0.2) is 0 Å². The average Bonchev–Trinajstić information content (AvgIpc) is 2.12.